The normalized spacial score (nSPS) is 27.0. The average Bonchev–Trinajstić information content (AvgIpc) is 3.29. The fraction of sp³-hybridized carbons (Fsp3) is 0.647. The van der Waals surface area contributed by atoms with Crippen molar-refractivity contribution in [1.29, 1.82) is 0 Å². The summed E-state index contributed by atoms with van der Waals surface area (Å²) < 4.78 is 14.0. The Morgan fingerprint density at radius 3 is 2.90 bits per heavy atom. The Labute approximate surface area is 131 Å². The molecule has 4 heteroatoms. The molecule has 116 valence electrons. The van der Waals surface area contributed by atoms with Crippen LogP contribution in [0.4, 0.5) is 4.39 Å². The van der Waals surface area contributed by atoms with Gasteiger partial charge in [0.05, 0.1) is 0 Å². The Morgan fingerprint density at radius 1 is 1.38 bits per heavy atom. The molecule has 1 heterocycles. The third-order valence-corrected chi connectivity index (χ3v) is 4.99. The van der Waals surface area contributed by atoms with E-state index in [0.717, 1.165) is 37.4 Å². The molecule has 0 bridgehead atoms. The van der Waals surface area contributed by atoms with Crippen molar-refractivity contribution in [3.05, 3.63) is 34.6 Å². The van der Waals surface area contributed by atoms with E-state index in [2.05, 4.69) is 17.1 Å². The van der Waals surface area contributed by atoms with Crippen molar-refractivity contribution in [3.63, 3.8) is 0 Å². The molecule has 1 N–H and O–H groups in total. The van der Waals surface area contributed by atoms with Gasteiger partial charge in [-0.05, 0) is 43.4 Å². The van der Waals surface area contributed by atoms with Gasteiger partial charge in [-0.3, -0.25) is 4.90 Å². The van der Waals surface area contributed by atoms with E-state index >= 15 is 0 Å². The van der Waals surface area contributed by atoms with Gasteiger partial charge in [0.2, 0.25) is 0 Å². The lowest BCUT2D eigenvalue weighted by atomic mass is 10.0. The van der Waals surface area contributed by atoms with Gasteiger partial charge in [-0.15, -0.1) is 0 Å². The monoisotopic (exact) mass is 310 g/mol. The van der Waals surface area contributed by atoms with Gasteiger partial charge in [0, 0.05) is 42.3 Å². The number of halogens is 2. The molecule has 21 heavy (non-hydrogen) atoms. The first-order valence-corrected chi connectivity index (χ1v) is 8.46. The fourth-order valence-corrected chi connectivity index (χ4v) is 3.59. The number of nitrogens with zero attached hydrogens (tertiary/aromatic N) is 1. The van der Waals surface area contributed by atoms with E-state index in [4.69, 9.17) is 11.6 Å². The molecule has 1 aliphatic carbocycles. The van der Waals surface area contributed by atoms with E-state index in [1.807, 2.05) is 0 Å². The molecule has 1 aliphatic heterocycles. The smallest absolute Gasteiger partial charge is 0.127 e. The minimum absolute atomic E-state index is 0.142. The molecular formula is C17H24ClFN2. The first kappa shape index (κ1) is 15.3. The van der Waals surface area contributed by atoms with E-state index in [1.165, 1.54) is 18.9 Å². The molecule has 0 spiro atoms. The topological polar surface area (TPSA) is 15.3 Å². The summed E-state index contributed by atoms with van der Waals surface area (Å²) in [5.41, 5.74) is 0.722. The standard InChI is InChI=1S/C17H24ClFN2/c1-2-3-15-9-20-17(12-4-5-12)11-21(15)10-13-8-14(18)6-7-16(13)19/h6-8,12,15,17,20H,2-5,9-11H2,1H3. The molecule has 0 aromatic heterocycles. The summed E-state index contributed by atoms with van der Waals surface area (Å²) in [5.74, 6) is 0.690. The summed E-state index contributed by atoms with van der Waals surface area (Å²) >= 11 is 6.02. The molecule has 1 aromatic rings. The predicted octanol–water partition coefficient (Wildman–Crippen LogP) is 3.83. The van der Waals surface area contributed by atoms with Gasteiger partial charge in [-0.1, -0.05) is 24.9 Å². The largest absolute Gasteiger partial charge is 0.311 e. The van der Waals surface area contributed by atoms with Crippen LogP contribution in [-0.4, -0.2) is 30.1 Å². The second-order valence-electron chi connectivity index (χ2n) is 6.46. The van der Waals surface area contributed by atoms with E-state index in [0.29, 0.717) is 23.7 Å². The highest BCUT2D eigenvalue weighted by Gasteiger charge is 2.36. The van der Waals surface area contributed by atoms with Crippen molar-refractivity contribution in [2.75, 3.05) is 13.1 Å². The second kappa shape index (κ2) is 6.64. The van der Waals surface area contributed by atoms with E-state index in [-0.39, 0.29) is 5.82 Å². The van der Waals surface area contributed by atoms with Gasteiger partial charge >= 0.3 is 0 Å². The molecule has 3 rings (SSSR count). The lowest BCUT2D eigenvalue weighted by Crippen LogP contribution is -2.56. The zero-order valence-corrected chi connectivity index (χ0v) is 13.4. The van der Waals surface area contributed by atoms with Gasteiger partial charge in [0.1, 0.15) is 5.82 Å². The Morgan fingerprint density at radius 2 is 2.19 bits per heavy atom. The lowest BCUT2D eigenvalue weighted by Gasteiger charge is -2.41. The maximum atomic E-state index is 14.0. The highest BCUT2D eigenvalue weighted by atomic mass is 35.5. The van der Waals surface area contributed by atoms with E-state index in [1.54, 1.807) is 12.1 Å². The average molecular weight is 311 g/mol. The summed E-state index contributed by atoms with van der Waals surface area (Å²) in [6, 6.07) is 5.96. The Kier molecular flexibility index (Phi) is 4.82. The summed E-state index contributed by atoms with van der Waals surface area (Å²) in [6.07, 6.45) is 5.01. The SMILES string of the molecule is CCCC1CNC(C2CC2)CN1Cc1cc(Cl)ccc1F. The zero-order chi connectivity index (χ0) is 14.8. The van der Waals surface area contributed by atoms with Crippen molar-refractivity contribution in [2.24, 2.45) is 5.92 Å². The molecule has 2 nitrogen and oxygen atoms in total. The molecule has 2 unspecified atom stereocenters. The number of piperazine rings is 1. The van der Waals surface area contributed by atoms with Crippen LogP contribution in [-0.2, 0) is 6.54 Å². The third-order valence-electron chi connectivity index (χ3n) is 4.76. The summed E-state index contributed by atoms with van der Waals surface area (Å²) in [7, 11) is 0. The molecular weight excluding hydrogens is 287 g/mol. The van der Waals surface area contributed by atoms with Crippen LogP contribution < -0.4 is 5.32 Å². The molecule has 0 amide bonds. The van der Waals surface area contributed by atoms with Crippen LogP contribution >= 0.6 is 11.6 Å². The number of hydrogen-bond acceptors (Lipinski definition) is 2. The molecule has 2 aliphatic rings. The van der Waals surface area contributed by atoms with Crippen molar-refractivity contribution in [1.82, 2.24) is 10.2 Å². The lowest BCUT2D eigenvalue weighted by molar-refractivity contribution is 0.107. The highest BCUT2D eigenvalue weighted by Crippen LogP contribution is 2.35. The first-order chi connectivity index (χ1) is 10.2. The minimum atomic E-state index is -0.142. The molecule has 1 saturated carbocycles. The Bertz CT molecular complexity index is 490. The molecule has 2 atom stereocenters. The fourth-order valence-electron chi connectivity index (χ4n) is 3.39. The summed E-state index contributed by atoms with van der Waals surface area (Å²) in [6.45, 7) is 4.94. The predicted molar refractivity (Wildman–Crippen MR) is 85.0 cm³/mol. The van der Waals surface area contributed by atoms with Crippen LogP contribution in [0.15, 0.2) is 18.2 Å². The van der Waals surface area contributed by atoms with Crippen molar-refractivity contribution in [2.45, 2.75) is 51.2 Å². The zero-order valence-electron chi connectivity index (χ0n) is 12.6. The van der Waals surface area contributed by atoms with Gasteiger partial charge in [0.25, 0.3) is 0 Å². The van der Waals surface area contributed by atoms with Crippen LogP contribution in [0.1, 0.15) is 38.2 Å². The van der Waals surface area contributed by atoms with E-state index < -0.39 is 0 Å². The van der Waals surface area contributed by atoms with Gasteiger partial charge in [-0.25, -0.2) is 4.39 Å². The number of hydrogen-bond donors (Lipinski definition) is 1. The van der Waals surface area contributed by atoms with Crippen LogP contribution in [0.2, 0.25) is 5.02 Å². The molecule has 2 fully saturated rings. The maximum absolute atomic E-state index is 14.0. The number of benzene rings is 1. The quantitative estimate of drug-likeness (QED) is 0.889. The summed E-state index contributed by atoms with van der Waals surface area (Å²) in [4.78, 5) is 2.46. The van der Waals surface area contributed by atoms with Crippen molar-refractivity contribution < 1.29 is 4.39 Å². The molecule has 1 saturated heterocycles. The molecule has 0 radical (unpaired) electrons. The number of nitrogens with one attached hydrogen (secondary N) is 1. The van der Waals surface area contributed by atoms with Gasteiger partial charge in [0.15, 0.2) is 0 Å². The van der Waals surface area contributed by atoms with Crippen LogP contribution in [0.25, 0.3) is 0 Å². The number of rotatable bonds is 5. The maximum Gasteiger partial charge on any atom is 0.127 e. The Hall–Kier alpha value is -0.640. The van der Waals surface area contributed by atoms with Crippen molar-refractivity contribution in [3.8, 4) is 0 Å². The van der Waals surface area contributed by atoms with Crippen LogP contribution in [0.3, 0.4) is 0 Å². The second-order valence-corrected chi connectivity index (χ2v) is 6.90. The van der Waals surface area contributed by atoms with E-state index in [9.17, 15) is 4.39 Å². The highest BCUT2D eigenvalue weighted by molar-refractivity contribution is 6.30. The minimum Gasteiger partial charge on any atom is -0.311 e. The van der Waals surface area contributed by atoms with Crippen molar-refractivity contribution >= 4 is 11.6 Å². The Balaban J connectivity index is 1.73. The summed E-state index contributed by atoms with van der Waals surface area (Å²) in [5, 5.41) is 4.31. The molecule has 1 aromatic carbocycles. The van der Waals surface area contributed by atoms with Gasteiger partial charge < -0.3 is 5.32 Å². The van der Waals surface area contributed by atoms with Crippen LogP contribution in [0.5, 0.6) is 0 Å². The first-order valence-electron chi connectivity index (χ1n) is 8.08. The third kappa shape index (κ3) is 3.77. The van der Waals surface area contributed by atoms with Gasteiger partial charge in [-0.2, -0.15) is 0 Å². The van der Waals surface area contributed by atoms with Crippen LogP contribution in [0, 0.1) is 11.7 Å².